The molecule has 1 aromatic heterocycles. The van der Waals surface area contributed by atoms with Crippen molar-refractivity contribution in [2.75, 3.05) is 0 Å². The molecule has 0 bridgehead atoms. The van der Waals surface area contributed by atoms with Crippen LogP contribution in [0, 0.1) is 24.0 Å². The summed E-state index contributed by atoms with van der Waals surface area (Å²) in [5.41, 5.74) is 2.49. The van der Waals surface area contributed by atoms with Gasteiger partial charge in [0.2, 0.25) is 0 Å². The third-order valence-electron chi connectivity index (χ3n) is 3.79. The quantitative estimate of drug-likeness (QED) is 0.440. The maximum Gasteiger partial charge on any atom is 0.438 e. The number of halogens is 1. The Hall–Kier alpha value is -3.13. The van der Waals surface area contributed by atoms with Crippen molar-refractivity contribution in [3.05, 3.63) is 74.2 Å². The molecule has 0 saturated carbocycles. The molecule has 25 heavy (non-hydrogen) atoms. The minimum absolute atomic E-state index is 0.270. The number of aromatic nitrogens is 3. The minimum Gasteiger partial charge on any atom is -0.409 e. The number of nitrogens with zero attached hydrogens (tertiary/aromatic N) is 5. The van der Waals surface area contributed by atoms with Crippen LogP contribution in [-0.2, 0) is 0 Å². The summed E-state index contributed by atoms with van der Waals surface area (Å²) in [6, 6.07) is 11.7. The molecule has 3 aromatic rings. The fourth-order valence-electron chi connectivity index (χ4n) is 2.28. The van der Waals surface area contributed by atoms with E-state index < -0.39 is 10.7 Å². The van der Waals surface area contributed by atoms with Crippen LogP contribution in [-0.4, -0.2) is 24.9 Å². The summed E-state index contributed by atoms with van der Waals surface area (Å²) in [5.74, 6) is -0.557. The van der Waals surface area contributed by atoms with Crippen LogP contribution >= 0.6 is 11.6 Å². The monoisotopic (exact) mass is 359 g/mol. The van der Waals surface area contributed by atoms with Crippen molar-refractivity contribution in [1.82, 2.24) is 14.7 Å². The maximum absolute atomic E-state index is 11.3. The molecule has 9 heteroatoms. The van der Waals surface area contributed by atoms with Gasteiger partial charge in [-0.2, -0.15) is 0 Å². The SMILES string of the molecule is Cc1cccc(N=c2c([N+](=O)[O-])nn(-c3ccc(Cl)cc3)n2O)c1C. The molecule has 1 N–H and O–H groups in total. The maximum atomic E-state index is 11.3. The largest absolute Gasteiger partial charge is 0.438 e. The first kappa shape index (κ1) is 16.7. The number of hydrogen-bond donors (Lipinski definition) is 1. The van der Waals surface area contributed by atoms with Gasteiger partial charge in [0.1, 0.15) is 5.69 Å². The lowest BCUT2D eigenvalue weighted by Gasteiger charge is -2.03. The Labute approximate surface area is 147 Å². The summed E-state index contributed by atoms with van der Waals surface area (Å²) >= 11 is 5.84. The van der Waals surface area contributed by atoms with E-state index in [4.69, 9.17) is 11.6 Å². The molecule has 0 saturated heterocycles. The number of hydrogen-bond acceptors (Lipinski definition) is 5. The highest BCUT2D eigenvalue weighted by atomic mass is 35.5. The Balaban J connectivity index is 2.26. The van der Waals surface area contributed by atoms with E-state index in [2.05, 4.69) is 10.1 Å². The lowest BCUT2D eigenvalue weighted by atomic mass is 10.1. The summed E-state index contributed by atoms with van der Waals surface area (Å²) in [4.78, 5) is 16.4. The molecule has 0 atom stereocenters. The van der Waals surface area contributed by atoms with Gasteiger partial charge >= 0.3 is 5.82 Å². The zero-order valence-corrected chi connectivity index (χ0v) is 14.2. The van der Waals surface area contributed by atoms with Gasteiger partial charge < -0.3 is 15.3 Å². The van der Waals surface area contributed by atoms with Gasteiger partial charge in [-0.15, -0.1) is 0 Å². The van der Waals surface area contributed by atoms with E-state index in [9.17, 15) is 15.3 Å². The second-order valence-corrected chi connectivity index (χ2v) is 5.83. The number of benzene rings is 2. The molecule has 1 heterocycles. The molecular formula is C16H14ClN5O3. The van der Waals surface area contributed by atoms with Gasteiger partial charge in [-0.1, -0.05) is 28.6 Å². The molecule has 0 amide bonds. The summed E-state index contributed by atoms with van der Waals surface area (Å²) < 4.78 is 0. The lowest BCUT2D eigenvalue weighted by molar-refractivity contribution is -0.391. The van der Waals surface area contributed by atoms with E-state index in [0.29, 0.717) is 21.2 Å². The number of nitro groups is 1. The Morgan fingerprint density at radius 1 is 1.20 bits per heavy atom. The van der Waals surface area contributed by atoms with Crippen molar-refractivity contribution < 1.29 is 10.1 Å². The Morgan fingerprint density at radius 3 is 2.52 bits per heavy atom. The highest BCUT2D eigenvalue weighted by Crippen LogP contribution is 2.21. The summed E-state index contributed by atoms with van der Waals surface area (Å²) in [6.07, 6.45) is 0. The second kappa shape index (κ2) is 6.40. The van der Waals surface area contributed by atoms with Crippen molar-refractivity contribution in [3.8, 4) is 5.69 Å². The highest BCUT2D eigenvalue weighted by Gasteiger charge is 2.24. The third-order valence-corrected chi connectivity index (χ3v) is 4.04. The average Bonchev–Trinajstić information content (AvgIpc) is 2.90. The predicted molar refractivity (Wildman–Crippen MR) is 91.5 cm³/mol. The van der Waals surface area contributed by atoms with Crippen molar-refractivity contribution in [1.29, 1.82) is 0 Å². The van der Waals surface area contributed by atoms with Crippen LogP contribution in [0.5, 0.6) is 0 Å². The van der Waals surface area contributed by atoms with Crippen LogP contribution in [0.15, 0.2) is 47.5 Å². The number of rotatable bonds is 3. The highest BCUT2D eigenvalue weighted by molar-refractivity contribution is 6.30. The molecule has 0 aliphatic rings. The first-order chi connectivity index (χ1) is 11.9. The van der Waals surface area contributed by atoms with E-state index in [-0.39, 0.29) is 5.49 Å². The lowest BCUT2D eigenvalue weighted by Crippen LogP contribution is -2.22. The van der Waals surface area contributed by atoms with Crippen molar-refractivity contribution in [2.24, 2.45) is 4.99 Å². The molecule has 0 radical (unpaired) electrons. The molecule has 0 spiro atoms. The second-order valence-electron chi connectivity index (χ2n) is 5.39. The first-order valence-electron chi connectivity index (χ1n) is 7.31. The van der Waals surface area contributed by atoms with Gasteiger partial charge in [0.05, 0.1) is 10.8 Å². The van der Waals surface area contributed by atoms with Gasteiger partial charge in [0, 0.05) is 5.02 Å². The smallest absolute Gasteiger partial charge is 0.409 e. The van der Waals surface area contributed by atoms with Crippen LogP contribution in [0.25, 0.3) is 5.69 Å². The molecule has 0 aliphatic carbocycles. The van der Waals surface area contributed by atoms with Gasteiger partial charge in [0.25, 0.3) is 5.49 Å². The van der Waals surface area contributed by atoms with Gasteiger partial charge in [-0.25, -0.2) is 4.99 Å². The molecule has 0 aliphatic heterocycles. The topological polar surface area (TPSA) is 98.5 Å². The Kier molecular flexibility index (Phi) is 4.28. The van der Waals surface area contributed by atoms with Gasteiger partial charge in [0.15, 0.2) is 0 Å². The zero-order chi connectivity index (χ0) is 18.1. The fraction of sp³-hybridized carbons (Fsp3) is 0.125. The average molecular weight is 360 g/mol. The molecular weight excluding hydrogens is 346 g/mol. The van der Waals surface area contributed by atoms with E-state index >= 15 is 0 Å². The molecule has 0 unspecified atom stereocenters. The minimum atomic E-state index is -0.691. The van der Waals surface area contributed by atoms with E-state index in [1.165, 1.54) is 0 Å². The summed E-state index contributed by atoms with van der Waals surface area (Å²) in [5, 5.41) is 26.1. The van der Waals surface area contributed by atoms with E-state index in [0.717, 1.165) is 15.9 Å². The van der Waals surface area contributed by atoms with Crippen LogP contribution in [0.3, 0.4) is 0 Å². The van der Waals surface area contributed by atoms with Crippen LogP contribution in [0.1, 0.15) is 11.1 Å². The third kappa shape index (κ3) is 3.11. The molecule has 3 rings (SSSR count). The van der Waals surface area contributed by atoms with Crippen LogP contribution in [0.2, 0.25) is 5.02 Å². The first-order valence-corrected chi connectivity index (χ1v) is 7.69. The predicted octanol–water partition coefficient (Wildman–Crippen LogP) is 3.32. The Bertz CT molecular complexity index is 1020. The van der Waals surface area contributed by atoms with E-state index in [1.807, 2.05) is 19.9 Å². The Morgan fingerprint density at radius 2 is 1.88 bits per heavy atom. The standard InChI is InChI=1S/C16H14ClN5O3/c1-10-4-3-5-14(11(10)2)18-15-16(22(24)25)19-20(21(15)23)13-8-6-12(17)7-9-13/h3-9,23H,1-2H3. The summed E-state index contributed by atoms with van der Waals surface area (Å²) in [7, 11) is 0. The fourth-order valence-corrected chi connectivity index (χ4v) is 2.41. The van der Waals surface area contributed by atoms with Gasteiger partial charge in [-0.05, 0) is 65.0 Å². The normalized spacial score (nSPS) is 11.7. The van der Waals surface area contributed by atoms with Gasteiger partial charge in [-0.3, -0.25) is 0 Å². The zero-order valence-electron chi connectivity index (χ0n) is 13.4. The molecule has 0 fully saturated rings. The molecule has 2 aromatic carbocycles. The van der Waals surface area contributed by atoms with Crippen molar-refractivity contribution in [2.45, 2.75) is 13.8 Å². The van der Waals surface area contributed by atoms with Crippen molar-refractivity contribution >= 4 is 23.1 Å². The van der Waals surface area contributed by atoms with Crippen LogP contribution < -0.4 is 5.49 Å². The summed E-state index contributed by atoms with van der Waals surface area (Å²) in [6.45, 7) is 3.76. The van der Waals surface area contributed by atoms with E-state index in [1.54, 1.807) is 36.4 Å². The number of aryl methyl sites for hydroxylation is 1. The molecule has 128 valence electrons. The molecule has 8 nitrogen and oxygen atoms in total. The van der Waals surface area contributed by atoms with Crippen LogP contribution in [0.4, 0.5) is 11.5 Å². The van der Waals surface area contributed by atoms with Crippen molar-refractivity contribution in [3.63, 3.8) is 0 Å².